The lowest BCUT2D eigenvalue weighted by atomic mass is 10.2. The van der Waals surface area contributed by atoms with Crippen LogP contribution in [0.1, 0.15) is 5.56 Å². The summed E-state index contributed by atoms with van der Waals surface area (Å²) in [6.07, 6.45) is 0. The maximum absolute atomic E-state index is 5.17. The van der Waals surface area contributed by atoms with E-state index in [1.54, 1.807) is 27.4 Å². The maximum atomic E-state index is 5.17. The van der Waals surface area contributed by atoms with Gasteiger partial charge in [0.2, 0.25) is 5.75 Å². The van der Waals surface area contributed by atoms with Crippen LogP contribution in [-0.2, 0) is 0 Å². The van der Waals surface area contributed by atoms with E-state index in [4.69, 9.17) is 14.2 Å². The predicted octanol–water partition coefficient (Wildman–Crippen LogP) is 2.18. The molecule has 14 heavy (non-hydrogen) atoms. The van der Waals surface area contributed by atoms with Gasteiger partial charge in [0.05, 0.1) is 21.3 Å². The highest BCUT2D eigenvalue weighted by Crippen LogP contribution is 2.42. The third kappa shape index (κ3) is 1.75. The summed E-state index contributed by atoms with van der Waals surface area (Å²) >= 11 is 4.25. The third-order valence-electron chi connectivity index (χ3n) is 1.91. The molecule has 1 aromatic carbocycles. The lowest BCUT2D eigenvalue weighted by Crippen LogP contribution is -1.97. The maximum Gasteiger partial charge on any atom is 0.203 e. The molecular formula is C10H13O3S. The monoisotopic (exact) mass is 213 g/mol. The molecule has 77 valence electrons. The van der Waals surface area contributed by atoms with Crippen LogP contribution >= 0.6 is 12.6 Å². The molecule has 0 aliphatic heterocycles. The summed E-state index contributed by atoms with van der Waals surface area (Å²) in [4.78, 5) is 0.708. The van der Waals surface area contributed by atoms with Gasteiger partial charge in [-0.05, 0) is 13.0 Å². The van der Waals surface area contributed by atoms with Gasteiger partial charge >= 0.3 is 0 Å². The standard InChI is InChI=1S/C10H13O3S/c1-6-8(14)5-7(11-2)10(13-4)9(6)12-3/h5,14H,1H2,2-4H3. The summed E-state index contributed by atoms with van der Waals surface area (Å²) in [5, 5.41) is 0. The van der Waals surface area contributed by atoms with Gasteiger partial charge < -0.3 is 14.2 Å². The van der Waals surface area contributed by atoms with Gasteiger partial charge in [-0.25, -0.2) is 0 Å². The predicted molar refractivity (Wildman–Crippen MR) is 57.8 cm³/mol. The fourth-order valence-electron chi connectivity index (χ4n) is 1.20. The Morgan fingerprint density at radius 1 is 1.07 bits per heavy atom. The van der Waals surface area contributed by atoms with Crippen molar-refractivity contribution < 1.29 is 14.2 Å². The highest BCUT2D eigenvalue weighted by molar-refractivity contribution is 7.80. The van der Waals surface area contributed by atoms with Crippen LogP contribution in [-0.4, -0.2) is 21.3 Å². The van der Waals surface area contributed by atoms with Gasteiger partial charge in [0.15, 0.2) is 11.5 Å². The van der Waals surface area contributed by atoms with E-state index >= 15 is 0 Å². The molecule has 0 N–H and O–H groups in total. The zero-order valence-corrected chi connectivity index (χ0v) is 9.35. The number of ether oxygens (including phenoxy) is 3. The highest BCUT2D eigenvalue weighted by Gasteiger charge is 2.15. The van der Waals surface area contributed by atoms with Crippen molar-refractivity contribution in [3.8, 4) is 17.2 Å². The number of rotatable bonds is 3. The second kappa shape index (κ2) is 4.46. The number of thiol groups is 1. The zero-order valence-electron chi connectivity index (χ0n) is 8.46. The van der Waals surface area contributed by atoms with Crippen LogP contribution in [0.5, 0.6) is 17.2 Å². The summed E-state index contributed by atoms with van der Waals surface area (Å²) < 4.78 is 15.5. The molecule has 1 radical (unpaired) electrons. The summed E-state index contributed by atoms with van der Waals surface area (Å²) in [7, 11) is 4.67. The fourth-order valence-corrected chi connectivity index (χ4v) is 1.42. The molecule has 3 nitrogen and oxygen atoms in total. The molecule has 0 saturated carbocycles. The van der Waals surface area contributed by atoms with E-state index in [1.807, 2.05) is 0 Å². The van der Waals surface area contributed by atoms with Crippen molar-refractivity contribution >= 4 is 12.6 Å². The summed E-state index contributed by atoms with van der Waals surface area (Å²) in [5.41, 5.74) is 0.688. The molecule has 0 heterocycles. The van der Waals surface area contributed by atoms with E-state index in [0.29, 0.717) is 27.7 Å². The van der Waals surface area contributed by atoms with Gasteiger partial charge in [0, 0.05) is 10.5 Å². The molecule has 1 rings (SSSR count). The molecular weight excluding hydrogens is 200 g/mol. The second-order valence-corrected chi connectivity index (χ2v) is 3.12. The Hall–Kier alpha value is -1.03. The Morgan fingerprint density at radius 3 is 2.07 bits per heavy atom. The van der Waals surface area contributed by atoms with Crippen molar-refractivity contribution in [2.45, 2.75) is 4.90 Å². The van der Waals surface area contributed by atoms with Crippen LogP contribution in [0.3, 0.4) is 0 Å². The molecule has 0 unspecified atom stereocenters. The first kappa shape index (κ1) is 11.0. The van der Waals surface area contributed by atoms with Crippen LogP contribution < -0.4 is 14.2 Å². The van der Waals surface area contributed by atoms with Crippen molar-refractivity contribution in [2.75, 3.05) is 21.3 Å². The first-order valence-corrected chi connectivity index (χ1v) is 4.44. The number of hydrogen-bond donors (Lipinski definition) is 1. The van der Waals surface area contributed by atoms with Gasteiger partial charge in [0.25, 0.3) is 0 Å². The van der Waals surface area contributed by atoms with Crippen LogP contribution in [0.4, 0.5) is 0 Å². The molecule has 0 fully saturated rings. The summed E-state index contributed by atoms with van der Waals surface area (Å²) in [6, 6.07) is 1.74. The minimum Gasteiger partial charge on any atom is -0.493 e. The van der Waals surface area contributed by atoms with E-state index in [0.717, 1.165) is 0 Å². The van der Waals surface area contributed by atoms with Gasteiger partial charge in [-0.2, -0.15) is 0 Å². The van der Waals surface area contributed by atoms with Crippen molar-refractivity contribution in [2.24, 2.45) is 0 Å². The van der Waals surface area contributed by atoms with Gasteiger partial charge in [0.1, 0.15) is 0 Å². The minimum atomic E-state index is 0.540. The van der Waals surface area contributed by atoms with E-state index < -0.39 is 0 Å². The average molecular weight is 213 g/mol. The van der Waals surface area contributed by atoms with Crippen molar-refractivity contribution in [3.05, 3.63) is 18.6 Å². The molecule has 0 atom stereocenters. The van der Waals surface area contributed by atoms with Crippen molar-refractivity contribution in [1.82, 2.24) is 0 Å². The molecule has 1 aromatic rings. The molecule has 0 saturated heterocycles. The van der Waals surface area contributed by atoms with Gasteiger partial charge in [-0.1, -0.05) is 0 Å². The van der Waals surface area contributed by atoms with Crippen LogP contribution in [0.15, 0.2) is 11.0 Å². The fraction of sp³-hybridized carbons (Fsp3) is 0.300. The smallest absolute Gasteiger partial charge is 0.203 e. The van der Waals surface area contributed by atoms with E-state index in [-0.39, 0.29) is 0 Å². The van der Waals surface area contributed by atoms with Crippen LogP contribution in [0, 0.1) is 6.92 Å². The summed E-state index contributed by atoms with van der Waals surface area (Å²) in [5.74, 6) is 1.68. The summed E-state index contributed by atoms with van der Waals surface area (Å²) in [6.45, 7) is 3.84. The zero-order chi connectivity index (χ0) is 10.7. The molecule has 4 heteroatoms. The molecule has 0 aliphatic rings. The number of benzene rings is 1. The molecule has 0 aliphatic carbocycles. The van der Waals surface area contributed by atoms with E-state index in [1.165, 1.54) is 0 Å². The lowest BCUT2D eigenvalue weighted by Gasteiger charge is -2.15. The minimum absolute atomic E-state index is 0.540. The SMILES string of the molecule is [CH2]c1c(S)cc(OC)c(OC)c1OC. The Bertz CT molecular complexity index is 337. The first-order chi connectivity index (χ1) is 6.65. The second-order valence-electron chi connectivity index (χ2n) is 2.64. The molecule has 0 amide bonds. The Kier molecular flexibility index (Phi) is 3.52. The Morgan fingerprint density at radius 2 is 1.64 bits per heavy atom. The quantitative estimate of drug-likeness (QED) is 0.780. The molecule has 0 aromatic heterocycles. The average Bonchev–Trinajstić information content (AvgIpc) is 2.20. The van der Waals surface area contributed by atoms with E-state index in [2.05, 4.69) is 19.6 Å². The topological polar surface area (TPSA) is 27.7 Å². The largest absolute Gasteiger partial charge is 0.493 e. The van der Waals surface area contributed by atoms with E-state index in [9.17, 15) is 0 Å². The van der Waals surface area contributed by atoms with Gasteiger partial charge in [-0.15, -0.1) is 12.6 Å². The van der Waals surface area contributed by atoms with Crippen LogP contribution in [0.2, 0.25) is 0 Å². The normalized spacial score (nSPS) is 9.79. The van der Waals surface area contributed by atoms with Gasteiger partial charge in [-0.3, -0.25) is 0 Å². The first-order valence-electron chi connectivity index (χ1n) is 3.99. The van der Waals surface area contributed by atoms with Crippen molar-refractivity contribution in [3.63, 3.8) is 0 Å². The van der Waals surface area contributed by atoms with Crippen molar-refractivity contribution in [1.29, 1.82) is 0 Å². The molecule has 0 spiro atoms. The lowest BCUT2D eigenvalue weighted by molar-refractivity contribution is 0.322. The Balaban J connectivity index is 3.42. The highest BCUT2D eigenvalue weighted by atomic mass is 32.1. The third-order valence-corrected chi connectivity index (χ3v) is 2.31. The van der Waals surface area contributed by atoms with Crippen LogP contribution in [0.25, 0.3) is 0 Å². The molecule has 0 bridgehead atoms. The number of hydrogen-bond acceptors (Lipinski definition) is 4. The Labute approximate surface area is 89.4 Å². The number of methoxy groups -OCH3 is 3.